The number of carbonyl (C=O) groups excluding carboxylic acids is 1. The summed E-state index contributed by atoms with van der Waals surface area (Å²) in [6.45, 7) is 3.69. The van der Waals surface area contributed by atoms with Crippen molar-refractivity contribution < 1.29 is 14.6 Å². The molecular weight excluding hydrogens is 313 g/mol. The molecule has 108 valence electrons. The number of halogens is 2. The monoisotopic (exact) mass is 323 g/mol. The summed E-state index contributed by atoms with van der Waals surface area (Å²) in [5.41, 5.74) is 0.981. The molecule has 0 bridgehead atoms. The summed E-state index contributed by atoms with van der Waals surface area (Å²) in [6.07, 6.45) is 1.34. The van der Waals surface area contributed by atoms with E-state index in [4.69, 9.17) is 23.2 Å². The van der Waals surface area contributed by atoms with Gasteiger partial charge in [-0.05, 0) is 12.1 Å². The molecule has 6 heteroatoms. The summed E-state index contributed by atoms with van der Waals surface area (Å²) in [4.78, 5) is 12.0. The molecule has 0 saturated carbocycles. The average molecular weight is 324 g/mol. The fourth-order valence-corrected chi connectivity index (χ4v) is 3.49. The van der Waals surface area contributed by atoms with Gasteiger partial charge in [-0.15, -0.1) is 0 Å². The number of Topliss-reactive ketones (excluding diaryl/α,β-unsaturated/α-hetero) is 1. The van der Waals surface area contributed by atoms with E-state index in [0.717, 1.165) is 0 Å². The van der Waals surface area contributed by atoms with Crippen LogP contribution in [0.2, 0.25) is 0 Å². The molecule has 0 atom stereocenters. The Morgan fingerprint density at radius 1 is 1.29 bits per heavy atom. The maximum atomic E-state index is 12.5. The Hall–Kier alpha value is -1.78. The van der Waals surface area contributed by atoms with Gasteiger partial charge >= 0.3 is 0 Å². The van der Waals surface area contributed by atoms with E-state index < -0.39 is 11.2 Å². The summed E-state index contributed by atoms with van der Waals surface area (Å²) in [5, 5.41) is 22.1. The van der Waals surface area contributed by atoms with Crippen LogP contribution in [-0.4, -0.2) is 21.3 Å². The molecule has 1 aliphatic carbocycles. The lowest BCUT2D eigenvalue weighted by molar-refractivity contribution is -0.362. The van der Waals surface area contributed by atoms with Gasteiger partial charge in [-0.1, -0.05) is 37.0 Å². The van der Waals surface area contributed by atoms with Gasteiger partial charge in [0.1, 0.15) is 10.8 Å². The molecule has 21 heavy (non-hydrogen) atoms. The van der Waals surface area contributed by atoms with E-state index in [1.54, 1.807) is 0 Å². The van der Waals surface area contributed by atoms with Crippen molar-refractivity contribution >= 4 is 40.4 Å². The molecule has 1 aliphatic heterocycles. The van der Waals surface area contributed by atoms with Gasteiger partial charge in [0, 0.05) is 23.1 Å². The van der Waals surface area contributed by atoms with Crippen LogP contribution in [0.3, 0.4) is 0 Å². The molecule has 1 heterocycles. The zero-order valence-corrected chi connectivity index (χ0v) is 12.8. The van der Waals surface area contributed by atoms with Gasteiger partial charge < -0.3 is 10.3 Å². The van der Waals surface area contributed by atoms with Crippen LogP contribution in [0.1, 0.15) is 19.4 Å². The molecule has 3 rings (SSSR count). The standard InChI is InChI=1S/C15H11Cl2NO3/c1-15(2)8-5-7(19)3-4-10(8)18(21)11-6-9(16)14(20)13(17)12(11)15/h3-6,19H,1-2H3. The van der Waals surface area contributed by atoms with Crippen LogP contribution in [0, 0.1) is 5.21 Å². The van der Waals surface area contributed by atoms with Gasteiger partial charge in [-0.3, -0.25) is 4.79 Å². The Morgan fingerprint density at radius 3 is 2.62 bits per heavy atom. The molecule has 0 unspecified atom stereocenters. The van der Waals surface area contributed by atoms with Crippen LogP contribution in [-0.2, 0) is 10.2 Å². The highest BCUT2D eigenvalue weighted by Gasteiger charge is 2.46. The first-order valence-corrected chi connectivity index (χ1v) is 7.01. The molecule has 0 amide bonds. The summed E-state index contributed by atoms with van der Waals surface area (Å²) in [5.74, 6) is -0.451. The summed E-state index contributed by atoms with van der Waals surface area (Å²) < 4.78 is 0.687. The molecule has 1 aromatic rings. The van der Waals surface area contributed by atoms with Crippen LogP contribution in [0.15, 0.2) is 39.9 Å². The predicted octanol–water partition coefficient (Wildman–Crippen LogP) is 3.46. The van der Waals surface area contributed by atoms with E-state index in [1.807, 2.05) is 13.8 Å². The molecule has 2 aliphatic rings. The average Bonchev–Trinajstić information content (AvgIpc) is 2.42. The normalized spacial score (nSPS) is 20.2. The molecule has 1 aromatic carbocycles. The fraction of sp³-hybridized carbons (Fsp3) is 0.200. The highest BCUT2D eigenvalue weighted by atomic mass is 35.5. The number of rotatable bonds is 0. The van der Waals surface area contributed by atoms with Crippen LogP contribution in [0.4, 0.5) is 5.69 Å². The third kappa shape index (κ3) is 1.83. The Labute approximate surface area is 131 Å². The lowest BCUT2D eigenvalue weighted by Crippen LogP contribution is -2.37. The van der Waals surface area contributed by atoms with E-state index in [9.17, 15) is 15.1 Å². The first kappa shape index (κ1) is 14.2. The third-order valence-electron chi connectivity index (χ3n) is 3.87. The Balaban J connectivity index is 2.44. The van der Waals surface area contributed by atoms with Gasteiger partial charge in [0.25, 0.3) is 0 Å². The molecular formula is C15H11Cl2NO3. The van der Waals surface area contributed by atoms with Crippen molar-refractivity contribution in [1.29, 1.82) is 0 Å². The van der Waals surface area contributed by atoms with E-state index in [-0.39, 0.29) is 21.5 Å². The van der Waals surface area contributed by atoms with Gasteiger partial charge in [-0.2, -0.15) is 4.74 Å². The molecule has 0 spiro atoms. The van der Waals surface area contributed by atoms with Gasteiger partial charge in [0.2, 0.25) is 17.2 Å². The first-order valence-electron chi connectivity index (χ1n) is 6.25. The number of carbonyl (C=O) groups is 1. The van der Waals surface area contributed by atoms with Crippen molar-refractivity contribution in [2.24, 2.45) is 0 Å². The Kier molecular flexibility index (Phi) is 2.94. The second kappa shape index (κ2) is 4.36. The third-order valence-corrected chi connectivity index (χ3v) is 4.51. The minimum absolute atomic E-state index is 0.0473. The van der Waals surface area contributed by atoms with Crippen molar-refractivity contribution in [2.45, 2.75) is 19.3 Å². The number of phenolic OH excluding ortho intramolecular Hbond substituents is 1. The Bertz CT molecular complexity index is 788. The number of benzene rings is 1. The lowest BCUT2D eigenvalue weighted by atomic mass is 9.71. The van der Waals surface area contributed by atoms with E-state index in [1.165, 1.54) is 24.3 Å². The van der Waals surface area contributed by atoms with Crippen molar-refractivity contribution in [1.82, 2.24) is 0 Å². The number of fused-ring (bicyclic) bond motifs is 2. The van der Waals surface area contributed by atoms with Crippen LogP contribution >= 0.6 is 23.2 Å². The van der Waals surface area contributed by atoms with Crippen LogP contribution < -0.4 is 0 Å². The second-order valence-corrected chi connectivity index (χ2v) is 6.30. The van der Waals surface area contributed by atoms with Crippen LogP contribution in [0.5, 0.6) is 5.75 Å². The number of hydrogen-bond acceptors (Lipinski definition) is 3. The minimum atomic E-state index is -0.703. The van der Waals surface area contributed by atoms with Crippen molar-refractivity contribution in [3.05, 3.63) is 50.7 Å². The first-order chi connectivity index (χ1) is 9.75. The largest absolute Gasteiger partial charge is 0.618 e. The summed E-state index contributed by atoms with van der Waals surface area (Å²) >= 11 is 12.0. The summed E-state index contributed by atoms with van der Waals surface area (Å²) in [6, 6.07) is 4.49. The topological polar surface area (TPSA) is 63.4 Å². The number of phenols is 1. The SMILES string of the molecule is CC1(C)C2=C(Cl)C(=O)C(Cl)=CC2=[N+]([O-])c2ccc(O)cc21. The fourth-order valence-electron chi connectivity index (χ4n) is 2.81. The number of ketones is 1. The highest BCUT2D eigenvalue weighted by molar-refractivity contribution is 6.58. The molecule has 4 nitrogen and oxygen atoms in total. The smallest absolute Gasteiger partial charge is 0.224 e. The molecule has 0 radical (unpaired) electrons. The van der Waals surface area contributed by atoms with Gasteiger partial charge in [-0.25, -0.2) is 0 Å². The number of allylic oxidation sites excluding steroid dienone is 4. The number of nitrogens with zero attached hydrogens (tertiary/aromatic N) is 1. The number of hydrogen-bond donors (Lipinski definition) is 1. The lowest BCUT2D eigenvalue weighted by Gasteiger charge is -2.34. The number of aromatic hydroxyl groups is 1. The van der Waals surface area contributed by atoms with Crippen LogP contribution in [0.25, 0.3) is 0 Å². The highest BCUT2D eigenvalue weighted by Crippen LogP contribution is 2.47. The zero-order chi connectivity index (χ0) is 15.5. The second-order valence-electron chi connectivity index (χ2n) is 5.52. The van der Waals surface area contributed by atoms with Crippen molar-refractivity contribution in [3.63, 3.8) is 0 Å². The maximum absolute atomic E-state index is 12.5. The molecule has 0 fully saturated rings. The maximum Gasteiger partial charge on any atom is 0.224 e. The predicted molar refractivity (Wildman–Crippen MR) is 81.2 cm³/mol. The van der Waals surface area contributed by atoms with E-state index >= 15 is 0 Å². The quantitative estimate of drug-likeness (QED) is 0.451. The summed E-state index contributed by atoms with van der Waals surface area (Å²) in [7, 11) is 0. The Morgan fingerprint density at radius 2 is 1.95 bits per heavy atom. The minimum Gasteiger partial charge on any atom is -0.618 e. The van der Waals surface area contributed by atoms with Gasteiger partial charge in [0.05, 0.1) is 10.6 Å². The molecule has 0 saturated heterocycles. The van der Waals surface area contributed by atoms with Crippen molar-refractivity contribution in [3.8, 4) is 5.75 Å². The zero-order valence-electron chi connectivity index (χ0n) is 11.3. The molecule has 0 aromatic heterocycles. The van der Waals surface area contributed by atoms with Crippen molar-refractivity contribution in [2.75, 3.05) is 0 Å². The van der Waals surface area contributed by atoms with Gasteiger partial charge in [0.15, 0.2) is 0 Å². The van der Waals surface area contributed by atoms with E-state index in [0.29, 0.717) is 21.6 Å². The van der Waals surface area contributed by atoms with E-state index in [2.05, 4.69) is 0 Å². The molecule has 1 N–H and O–H groups in total.